The molecule has 0 bridgehead atoms. The molecule has 0 aliphatic carbocycles. The Morgan fingerprint density at radius 3 is 2.83 bits per heavy atom. The largest absolute Gasteiger partial charge is 0.484 e. The molecule has 0 saturated carbocycles. The van der Waals surface area contributed by atoms with Gasteiger partial charge >= 0.3 is 0 Å². The summed E-state index contributed by atoms with van der Waals surface area (Å²) in [6.45, 7) is 0.757. The summed E-state index contributed by atoms with van der Waals surface area (Å²) < 4.78 is 5.36. The highest BCUT2D eigenvalue weighted by atomic mass is 16.5. The van der Waals surface area contributed by atoms with Crippen LogP contribution in [0.5, 0.6) is 5.75 Å². The van der Waals surface area contributed by atoms with E-state index in [4.69, 9.17) is 4.74 Å². The molecule has 0 spiro atoms. The lowest BCUT2D eigenvalue weighted by atomic mass is 10.1. The van der Waals surface area contributed by atoms with E-state index in [1.807, 2.05) is 6.07 Å². The fourth-order valence-electron chi connectivity index (χ4n) is 2.34. The van der Waals surface area contributed by atoms with Crippen molar-refractivity contribution in [3.8, 4) is 5.75 Å². The zero-order valence-electron chi connectivity index (χ0n) is 13.3. The van der Waals surface area contributed by atoms with Crippen molar-refractivity contribution < 1.29 is 19.1 Å². The number of amides is 3. The number of ether oxygens (including phenoxy) is 1. The maximum atomic E-state index is 12.1. The van der Waals surface area contributed by atoms with Gasteiger partial charge in [-0.05, 0) is 17.7 Å². The van der Waals surface area contributed by atoms with Crippen LogP contribution in [-0.4, -0.2) is 49.9 Å². The molecule has 1 saturated heterocycles. The molecule has 0 aromatic heterocycles. The van der Waals surface area contributed by atoms with Gasteiger partial charge in [-0.15, -0.1) is 0 Å². The van der Waals surface area contributed by atoms with Crippen molar-refractivity contribution in [1.82, 2.24) is 15.5 Å². The number of rotatable bonds is 6. The van der Waals surface area contributed by atoms with Gasteiger partial charge in [0.15, 0.2) is 6.61 Å². The minimum atomic E-state index is -0.291. The second-order valence-electron chi connectivity index (χ2n) is 5.50. The molecule has 1 fully saturated rings. The highest BCUT2D eigenvalue weighted by Crippen LogP contribution is 2.17. The lowest BCUT2D eigenvalue weighted by molar-refractivity contribution is -0.128. The van der Waals surface area contributed by atoms with Crippen molar-refractivity contribution in [1.29, 1.82) is 0 Å². The molecule has 0 radical (unpaired) electrons. The summed E-state index contributed by atoms with van der Waals surface area (Å²) in [7, 11) is 3.24. The molecule has 124 valence electrons. The maximum absolute atomic E-state index is 12.1. The van der Waals surface area contributed by atoms with Gasteiger partial charge in [-0.3, -0.25) is 14.4 Å². The molecular formula is C16H21N3O4. The van der Waals surface area contributed by atoms with Crippen LogP contribution in [0.25, 0.3) is 0 Å². The Balaban J connectivity index is 1.84. The minimum Gasteiger partial charge on any atom is -0.484 e. The van der Waals surface area contributed by atoms with Gasteiger partial charge in [0, 0.05) is 33.6 Å². The number of carbonyl (C=O) groups is 3. The van der Waals surface area contributed by atoms with Crippen LogP contribution < -0.4 is 15.4 Å². The van der Waals surface area contributed by atoms with Crippen molar-refractivity contribution in [2.75, 3.05) is 27.2 Å². The van der Waals surface area contributed by atoms with E-state index in [9.17, 15) is 14.4 Å². The van der Waals surface area contributed by atoms with Crippen molar-refractivity contribution in [2.24, 2.45) is 5.92 Å². The first-order valence-corrected chi connectivity index (χ1v) is 7.43. The topological polar surface area (TPSA) is 87.7 Å². The molecule has 23 heavy (non-hydrogen) atoms. The standard InChI is InChI=1S/C16H21N3O4/c1-17-14(20)10-23-13-5-3-4-11(6-13)8-18-16(22)12-7-15(21)19(2)9-12/h3-6,12H,7-10H2,1-2H3,(H,17,20)(H,18,22). The molecule has 1 aromatic rings. The fourth-order valence-corrected chi connectivity index (χ4v) is 2.34. The van der Waals surface area contributed by atoms with Crippen LogP contribution in [-0.2, 0) is 20.9 Å². The number of hydrogen-bond donors (Lipinski definition) is 2. The van der Waals surface area contributed by atoms with Crippen LogP contribution in [0.3, 0.4) is 0 Å². The predicted molar refractivity (Wildman–Crippen MR) is 83.6 cm³/mol. The Labute approximate surface area is 135 Å². The number of nitrogens with one attached hydrogen (secondary N) is 2. The quantitative estimate of drug-likeness (QED) is 0.767. The van der Waals surface area contributed by atoms with Gasteiger partial charge in [0.25, 0.3) is 5.91 Å². The van der Waals surface area contributed by atoms with Crippen LogP contribution in [0.2, 0.25) is 0 Å². The highest BCUT2D eigenvalue weighted by Gasteiger charge is 2.31. The van der Waals surface area contributed by atoms with Gasteiger partial charge in [-0.25, -0.2) is 0 Å². The van der Waals surface area contributed by atoms with E-state index < -0.39 is 0 Å². The van der Waals surface area contributed by atoms with Gasteiger partial charge < -0.3 is 20.3 Å². The van der Waals surface area contributed by atoms with Crippen LogP contribution in [0.4, 0.5) is 0 Å². The van der Waals surface area contributed by atoms with Crippen molar-refractivity contribution >= 4 is 17.7 Å². The lowest BCUT2D eigenvalue weighted by Gasteiger charge is -2.12. The summed E-state index contributed by atoms with van der Waals surface area (Å²) in [5.41, 5.74) is 0.866. The van der Waals surface area contributed by atoms with Crippen LogP contribution >= 0.6 is 0 Å². The van der Waals surface area contributed by atoms with Crippen molar-refractivity contribution in [2.45, 2.75) is 13.0 Å². The molecule has 7 heteroatoms. The molecule has 1 atom stereocenters. The van der Waals surface area contributed by atoms with Crippen molar-refractivity contribution in [3.63, 3.8) is 0 Å². The average molecular weight is 319 g/mol. The fraction of sp³-hybridized carbons (Fsp3) is 0.438. The molecule has 1 aromatic carbocycles. The smallest absolute Gasteiger partial charge is 0.257 e. The zero-order valence-corrected chi connectivity index (χ0v) is 13.3. The summed E-state index contributed by atoms with van der Waals surface area (Å²) in [6.07, 6.45) is 0.262. The lowest BCUT2D eigenvalue weighted by Crippen LogP contribution is -2.31. The van der Waals surface area contributed by atoms with E-state index in [1.165, 1.54) is 0 Å². The monoisotopic (exact) mass is 319 g/mol. The molecule has 1 aliphatic heterocycles. The number of benzene rings is 1. The van der Waals surface area contributed by atoms with Gasteiger partial charge in [-0.2, -0.15) is 0 Å². The molecule has 1 aliphatic rings. The third-order valence-corrected chi connectivity index (χ3v) is 3.73. The van der Waals surface area contributed by atoms with Gasteiger partial charge in [0.2, 0.25) is 11.8 Å². The van der Waals surface area contributed by atoms with Crippen LogP contribution in [0.15, 0.2) is 24.3 Å². The number of nitrogens with zero attached hydrogens (tertiary/aromatic N) is 1. The Morgan fingerprint density at radius 1 is 1.39 bits per heavy atom. The Morgan fingerprint density at radius 2 is 2.17 bits per heavy atom. The highest BCUT2D eigenvalue weighted by molar-refractivity contribution is 5.89. The normalized spacial score (nSPS) is 17.0. The summed E-state index contributed by atoms with van der Waals surface area (Å²) in [6, 6.07) is 7.18. The summed E-state index contributed by atoms with van der Waals surface area (Å²) in [5.74, 6) is -0.0656. The second-order valence-corrected chi connectivity index (χ2v) is 5.50. The maximum Gasteiger partial charge on any atom is 0.257 e. The van der Waals surface area contributed by atoms with E-state index in [1.54, 1.807) is 37.2 Å². The first-order valence-electron chi connectivity index (χ1n) is 7.43. The summed E-state index contributed by atoms with van der Waals surface area (Å²) in [4.78, 5) is 36.3. The van der Waals surface area contributed by atoms with Gasteiger partial charge in [-0.1, -0.05) is 12.1 Å². The van der Waals surface area contributed by atoms with E-state index in [-0.39, 0.29) is 36.7 Å². The third-order valence-electron chi connectivity index (χ3n) is 3.73. The number of likely N-dealkylation sites (N-methyl/N-ethyl adjacent to an activating group) is 1. The third kappa shape index (κ3) is 4.70. The Hall–Kier alpha value is -2.57. The molecule has 7 nitrogen and oxygen atoms in total. The zero-order chi connectivity index (χ0) is 16.8. The first kappa shape index (κ1) is 16.8. The number of carbonyl (C=O) groups excluding carboxylic acids is 3. The number of hydrogen-bond acceptors (Lipinski definition) is 4. The van der Waals surface area contributed by atoms with Crippen molar-refractivity contribution in [3.05, 3.63) is 29.8 Å². The first-order chi connectivity index (χ1) is 11.0. The summed E-state index contributed by atoms with van der Waals surface area (Å²) in [5, 5.41) is 5.31. The van der Waals surface area contributed by atoms with E-state index in [0.29, 0.717) is 18.8 Å². The van der Waals surface area contributed by atoms with Gasteiger partial charge in [0.1, 0.15) is 5.75 Å². The molecule has 3 amide bonds. The minimum absolute atomic E-state index is 0.00486. The SMILES string of the molecule is CNC(=O)COc1cccc(CNC(=O)C2CC(=O)N(C)C2)c1. The molecule has 1 unspecified atom stereocenters. The molecule has 2 N–H and O–H groups in total. The molecule has 1 heterocycles. The summed E-state index contributed by atoms with van der Waals surface area (Å²) >= 11 is 0. The number of likely N-dealkylation sites (tertiary alicyclic amines) is 1. The van der Waals surface area contributed by atoms with E-state index in [2.05, 4.69) is 10.6 Å². The second kappa shape index (κ2) is 7.62. The Bertz CT molecular complexity index is 603. The molecular weight excluding hydrogens is 298 g/mol. The van der Waals surface area contributed by atoms with Crippen LogP contribution in [0.1, 0.15) is 12.0 Å². The van der Waals surface area contributed by atoms with E-state index >= 15 is 0 Å². The molecule has 2 rings (SSSR count). The van der Waals surface area contributed by atoms with Crippen LogP contribution in [0, 0.1) is 5.92 Å². The predicted octanol–water partition coefficient (Wildman–Crippen LogP) is -0.0941. The Kier molecular flexibility index (Phi) is 5.56. The van der Waals surface area contributed by atoms with Gasteiger partial charge in [0.05, 0.1) is 5.92 Å². The average Bonchev–Trinajstić information content (AvgIpc) is 2.90. The van der Waals surface area contributed by atoms with E-state index in [0.717, 1.165) is 5.56 Å².